The maximum absolute atomic E-state index is 11.2. The van der Waals surface area contributed by atoms with Gasteiger partial charge in [0.2, 0.25) is 0 Å². The predicted molar refractivity (Wildman–Crippen MR) is 50.0 cm³/mol. The molecule has 0 aromatic rings. The number of aliphatic hydroxyl groups is 1. The monoisotopic (exact) mass is 172 g/mol. The SMILES string of the molecule is CCCCCC(CO)C(=O)CC. The first kappa shape index (κ1) is 11.6. The Morgan fingerprint density at radius 3 is 2.42 bits per heavy atom. The number of hydrogen-bond acceptors (Lipinski definition) is 2. The molecule has 2 heteroatoms. The van der Waals surface area contributed by atoms with Gasteiger partial charge in [0.1, 0.15) is 5.78 Å². The van der Waals surface area contributed by atoms with Crippen LogP contribution in [0.4, 0.5) is 0 Å². The minimum absolute atomic E-state index is 0.0242. The molecule has 1 atom stereocenters. The number of carbonyl (C=O) groups excluding carboxylic acids is 1. The standard InChI is InChI=1S/C10H20O2/c1-3-5-6-7-9(8-11)10(12)4-2/h9,11H,3-8H2,1-2H3. The van der Waals surface area contributed by atoms with Crippen molar-refractivity contribution in [2.75, 3.05) is 6.61 Å². The molecule has 0 radical (unpaired) electrons. The zero-order valence-corrected chi connectivity index (χ0v) is 8.18. The summed E-state index contributed by atoms with van der Waals surface area (Å²) in [4.78, 5) is 11.2. The Bertz CT molecular complexity index is 121. The van der Waals surface area contributed by atoms with E-state index in [-0.39, 0.29) is 18.3 Å². The van der Waals surface area contributed by atoms with E-state index < -0.39 is 0 Å². The summed E-state index contributed by atoms with van der Waals surface area (Å²) in [6.07, 6.45) is 4.80. The Hall–Kier alpha value is -0.370. The molecule has 0 heterocycles. The molecule has 2 nitrogen and oxygen atoms in total. The predicted octanol–water partition coefficient (Wildman–Crippen LogP) is 2.15. The van der Waals surface area contributed by atoms with Crippen LogP contribution < -0.4 is 0 Å². The highest BCUT2D eigenvalue weighted by Crippen LogP contribution is 2.11. The van der Waals surface area contributed by atoms with E-state index in [1.807, 2.05) is 6.92 Å². The van der Waals surface area contributed by atoms with Crippen LogP contribution in [0.25, 0.3) is 0 Å². The Balaban J connectivity index is 3.60. The summed E-state index contributed by atoms with van der Waals surface area (Å²) in [7, 11) is 0. The van der Waals surface area contributed by atoms with Crippen molar-refractivity contribution in [2.24, 2.45) is 5.92 Å². The van der Waals surface area contributed by atoms with E-state index in [2.05, 4.69) is 6.92 Å². The molecule has 0 saturated heterocycles. The van der Waals surface area contributed by atoms with Gasteiger partial charge in [-0.2, -0.15) is 0 Å². The van der Waals surface area contributed by atoms with Gasteiger partial charge in [0, 0.05) is 12.3 Å². The molecule has 0 aliphatic rings. The van der Waals surface area contributed by atoms with Crippen molar-refractivity contribution in [1.29, 1.82) is 0 Å². The largest absolute Gasteiger partial charge is 0.396 e. The lowest BCUT2D eigenvalue weighted by molar-refractivity contribution is -0.124. The van der Waals surface area contributed by atoms with Crippen LogP contribution in [0.15, 0.2) is 0 Å². The fourth-order valence-corrected chi connectivity index (χ4v) is 1.28. The lowest BCUT2D eigenvalue weighted by Crippen LogP contribution is -2.17. The van der Waals surface area contributed by atoms with E-state index in [0.29, 0.717) is 6.42 Å². The van der Waals surface area contributed by atoms with Gasteiger partial charge >= 0.3 is 0 Å². The number of ketones is 1. The molecular weight excluding hydrogens is 152 g/mol. The number of carbonyl (C=O) groups is 1. The maximum Gasteiger partial charge on any atom is 0.137 e. The molecule has 0 aromatic heterocycles. The third kappa shape index (κ3) is 4.50. The summed E-state index contributed by atoms with van der Waals surface area (Å²) in [6, 6.07) is 0. The molecule has 0 bridgehead atoms. The average molecular weight is 172 g/mol. The van der Waals surface area contributed by atoms with Gasteiger partial charge in [-0.25, -0.2) is 0 Å². The molecule has 0 fully saturated rings. The fraction of sp³-hybridized carbons (Fsp3) is 0.900. The molecule has 0 rings (SSSR count). The molecule has 1 N–H and O–H groups in total. The molecule has 0 aliphatic carbocycles. The molecule has 12 heavy (non-hydrogen) atoms. The highest BCUT2D eigenvalue weighted by molar-refractivity contribution is 5.80. The Morgan fingerprint density at radius 1 is 1.33 bits per heavy atom. The lowest BCUT2D eigenvalue weighted by atomic mass is 9.96. The van der Waals surface area contributed by atoms with Gasteiger partial charge in [-0.05, 0) is 6.42 Å². The van der Waals surface area contributed by atoms with Crippen molar-refractivity contribution in [1.82, 2.24) is 0 Å². The summed E-state index contributed by atoms with van der Waals surface area (Å²) >= 11 is 0. The van der Waals surface area contributed by atoms with E-state index >= 15 is 0 Å². The Morgan fingerprint density at radius 2 is 2.00 bits per heavy atom. The summed E-state index contributed by atoms with van der Waals surface area (Å²) < 4.78 is 0. The fourth-order valence-electron chi connectivity index (χ4n) is 1.28. The highest BCUT2D eigenvalue weighted by atomic mass is 16.3. The van der Waals surface area contributed by atoms with Crippen molar-refractivity contribution in [3.63, 3.8) is 0 Å². The van der Waals surface area contributed by atoms with Gasteiger partial charge in [0.05, 0.1) is 6.61 Å². The van der Waals surface area contributed by atoms with Crippen molar-refractivity contribution in [2.45, 2.75) is 46.0 Å². The number of aliphatic hydroxyl groups excluding tert-OH is 1. The molecule has 1 unspecified atom stereocenters. The number of Topliss-reactive ketones (excluding diaryl/α,β-unsaturated/α-hetero) is 1. The van der Waals surface area contributed by atoms with E-state index in [0.717, 1.165) is 19.3 Å². The van der Waals surface area contributed by atoms with Crippen LogP contribution in [0.3, 0.4) is 0 Å². The molecule has 0 aromatic carbocycles. The summed E-state index contributed by atoms with van der Waals surface area (Å²) in [6.45, 7) is 4.01. The van der Waals surface area contributed by atoms with Crippen LogP contribution in [0.1, 0.15) is 46.0 Å². The van der Waals surface area contributed by atoms with E-state index in [1.165, 1.54) is 6.42 Å². The average Bonchev–Trinajstić information content (AvgIpc) is 2.11. The van der Waals surface area contributed by atoms with Crippen LogP contribution in [0, 0.1) is 5.92 Å². The molecule has 72 valence electrons. The van der Waals surface area contributed by atoms with Gasteiger partial charge in [0.25, 0.3) is 0 Å². The topological polar surface area (TPSA) is 37.3 Å². The first-order valence-corrected chi connectivity index (χ1v) is 4.89. The lowest BCUT2D eigenvalue weighted by Gasteiger charge is -2.10. The van der Waals surface area contributed by atoms with Crippen LogP contribution in [-0.4, -0.2) is 17.5 Å². The third-order valence-corrected chi connectivity index (χ3v) is 2.18. The van der Waals surface area contributed by atoms with Gasteiger partial charge in [-0.1, -0.05) is 33.1 Å². The van der Waals surface area contributed by atoms with Crippen LogP contribution >= 0.6 is 0 Å². The third-order valence-electron chi connectivity index (χ3n) is 2.18. The van der Waals surface area contributed by atoms with E-state index in [9.17, 15) is 4.79 Å². The minimum atomic E-state index is -0.0958. The van der Waals surface area contributed by atoms with Crippen LogP contribution in [-0.2, 0) is 4.79 Å². The normalized spacial score (nSPS) is 12.9. The number of hydrogen-bond donors (Lipinski definition) is 1. The van der Waals surface area contributed by atoms with Gasteiger partial charge < -0.3 is 5.11 Å². The zero-order chi connectivity index (χ0) is 9.40. The first-order valence-electron chi connectivity index (χ1n) is 4.89. The van der Waals surface area contributed by atoms with Gasteiger partial charge in [-0.15, -0.1) is 0 Å². The second-order valence-corrected chi connectivity index (χ2v) is 3.20. The van der Waals surface area contributed by atoms with Crippen molar-refractivity contribution in [3.05, 3.63) is 0 Å². The second kappa shape index (κ2) is 7.29. The van der Waals surface area contributed by atoms with Crippen LogP contribution in [0.5, 0.6) is 0 Å². The molecular formula is C10H20O2. The molecule has 0 saturated carbocycles. The quantitative estimate of drug-likeness (QED) is 0.597. The zero-order valence-electron chi connectivity index (χ0n) is 8.18. The van der Waals surface area contributed by atoms with Crippen molar-refractivity contribution in [3.8, 4) is 0 Å². The summed E-state index contributed by atoms with van der Waals surface area (Å²) in [5.74, 6) is 0.107. The Kier molecular flexibility index (Phi) is 7.06. The van der Waals surface area contributed by atoms with Crippen LogP contribution in [0.2, 0.25) is 0 Å². The van der Waals surface area contributed by atoms with Crippen molar-refractivity contribution >= 4 is 5.78 Å². The Labute approximate surface area is 75.0 Å². The van der Waals surface area contributed by atoms with Crippen molar-refractivity contribution < 1.29 is 9.90 Å². The maximum atomic E-state index is 11.2. The number of rotatable bonds is 7. The highest BCUT2D eigenvalue weighted by Gasteiger charge is 2.14. The first-order chi connectivity index (χ1) is 5.76. The minimum Gasteiger partial charge on any atom is -0.396 e. The second-order valence-electron chi connectivity index (χ2n) is 3.20. The van der Waals surface area contributed by atoms with Gasteiger partial charge in [0.15, 0.2) is 0 Å². The molecule has 0 spiro atoms. The summed E-state index contributed by atoms with van der Waals surface area (Å²) in [5.41, 5.74) is 0. The number of unbranched alkanes of at least 4 members (excludes halogenated alkanes) is 2. The molecule has 0 amide bonds. The van der Waals surface area contributed by atoms with Gasteiger partial charge in [-0.3, -0.25) is 4.79 Å². The van der Waals surface area contributed by atoms with E-state index in [4.69, 9.17) is 5.11 Å². The molecule has 0 aliphatic heterocycles. The smallest absolute Gasteiger partial charge is 0.137 e. The summed E-state index contributed by atoms with van der Waals surface area (Å²) in [5, 5.41) is 8.91. The van der Waals surface area contributed by atoms with E-state index in [1.54, 1.807) is 0 Å².